The van der Waals surface area contributed by atoms with E-state index in [1.165, 1.54) is 16.7 Å². The molecule has 1 aliphatic carbocycles. The van der Waals surface area contributed by atoms with Gasteiger partial charge in [-0.05, 0) is 77.3 Å². The number of rotatable bonds is 2. The zero-order chi connectivity index (χ0) is 21.2. The minimum absolute atomic E-state index is 0.100. The van der Waals surface area contributed by atoms with Crippen molar-refractivity contribution >= 4 is 11.5 Å². The Morgan fingerprint density at radius 1 is 1.03 bits per heavy atom. The molecule has 2 aromatic carbocycles. The molecule has 150 valence electrons. The highest BCUT2D eigenvalue weighted by molar-refractivity contribution is 5.89. The fraction of sp³-hybridized carbons (Fsp3) is 0.370. The predicted octanol–water partition coefficient (Wildman–Crippen LogP) is 6.37. The summed E-state index contributed by atoms with van der Waals surface area (Å²) < 4.78 is 5.02. The second-order valence-corrected chi connectivity index (χ2v) is 9.26. The van der Waals surface area contributed by atoms with Gasteiger partial charge in [0.15, 0.2) is 0 Å². The summed E-state index contributed by atoms with van der Waals surface area (Å²) in [5.74, 6) is 6.21. The van der Waals surface area contributed by atoms with E-state index in [4.69, 9.17) is 4.74 Å². The first-order chi connectivity index (χ1) is 13.6. The first kappa shape index (κ1) is 20.9. The number of hydrogen-bond donors (Lipinski definition) is 0. The van der Waals surface area contributed by atoms with Crippen molar-refractivity contribution in [2.24, 2.45) is 5.41 Å². The minimum atomic E-state index is -0.299. The Labute approximate surface area is 175 Å². The monoisotopic (exact) mass is 386 g/mol. The van der Waals surface area contributed by atoms with E-state index in [0.29, 0.717) is 12.2 Å². The lowest BCUT2D eigenvalue weighted by Gasteiger charge is -2.36. The molecule has 2 heteroatoms. The van der Waals surface area contributed by atoms with E-state index in [9.17, 15) is 4.79 Å². The molecule has 2 aromatic rings. The van der Waals surface area contributed by atoms with Gasteiger partial charge in [0, 0.05) is 11.1 Å². The number of fused-ring (bicyclic) bond motifs is 1. The van der Waals surface area contributed by atoms with Gasteiger partial charge in [0.05, 0.1) is 12.2 Å². The van der Waals surface area contributed by atoms with Crippen LogP contribution in [0.3, 0.4) is 0 Å². The highest BCUT2D eigenvalue weighted by Crippen LogP contribution is 2.45. The Balaban J connectivity index is 1.90. The fourth-order valence-corrected chi connectivity index (χ4v) is 3.75. The highest BCUT2D eigenvalue weighted by atomic mass is 16.5. The van der Waals surface area contributed by atoms with Crippen LogP contribution in [0.1, 0.15) is 80.6 Å². The molecule has 2 nitrogen and oxygen atoms in total. The van der Waals surface area contributed by atoms with E-state index in [0.717, 1.165) is 17.5 Å². The van der Waals surface area contributed by atoms with Crippen LogP contribution in [0.25, 0.3) is 5.57 Å². The third-order valence-electron chi connectivity index (χ3n) is 5.41. The van der Waals surface area contributed by atoms with E-state index in [2.05, 4.69) is 70.7 Å². The summed E-state index contributed by atoms with van der Waals surface area (Å²) in [6.45, 7) is 13.6. The molecule has 0 N–H and O–H groups in total. The lowest BCUT2D eigenvalue weighted by Crippen LogP contribution is -2.25. The van der Waals surface area contributed by atoms with Gasteiger partial charge in [-0.3, -0.25) is 0 Å². The lowest BCUT2D eigenvalue weighted by molar-refractivity contribution is 0.0526. The van der Waals surface area contributed by atoms with Gasteiger partial charge in [0.2, 0.25) is 0 Å². The first-order valence-electron chi connectivity index (χ1n) is 10.3. The molecule has 1 aliphatic rings. The van der Waals surface area contributed by atoms with Crippen LogP contribution in [0.15, 0.2) is 48.5 Å². The summed E-state index contributed by atoms with van der Waals surface area (Å²) in [5.41, 5.74) is 6.80. The largest absolute Gasteiger partial charge is 0.462 e. The minimum Gasteiger partial charge on any atom is -0.462 e. The quantitative estimate of drug-likeness (QED) is 0.442. The van der Waals surface area contributed by atoms with Gasteiger partial charge in [-0.1, -0.05) is 58.6 Å². The van der Waals surface area contributed by atoms with Crippen LogP contribution in [0.2, 0.25) is 0 Å². The Morgan fingerprint density at radius 2 is 1.66 bits per heavy atom. The molecule has 0 spiro atoms. The standard InChI is InChI=1S/C27H30O2/c1-7-29-25(28)21-13-10-19(11-14-21)8-9-20-12-15-22-23(26(2,3)4)16-17-27(5,6)24(22)18-20/h10-16,18H,7,17H2,1-6H3. The molecule has 0 atom stereocenters. The van der Waals surface area contributed by atoms with Gasteiger partial charge >= 0.3 is 5.97 Å². The molecular weight excluding hydrogens is 356 g/mol. The number of carbonyl (C=O) groups excluding carboxylic acids is 1. The number of hydrogen-bond acceptors (Lipinski definition) is 2. The predicted molar refractivity (Wildman–Crippen MR) is 120 cm³/mol. The molecule has 29 heavy (non-hydrogen) atoms. The lowest BCUT2D eigenvalue weighted by atomic mass is 9.68. The summed E-state index contributed by atoms with van der Waals surface area (Å²) in [7, 11) is 0. The van der Waals surface area contributed by atoms with Crippen LogP contribution >= 0.6 is 0 Å². The Morgan fingerprint density at radius 3 is 2.28 bits per heavy atom. The molecule has 0 heterocycles. The summed E-state index contributed by atoms with van der Waals surface area (Å²) >= 11 is 0. The van der Waals surface area contributed by atoms with E-state index in [1.807, 2.05) is 12.1 Å². The van der Waals surface area contributed by atoms with Crippen molar-refractivity contribution in [1.82, 2.24) is 0 Å². The van der Waals surface area contributed by atoms with Crippen molar-refractivity contribution in [3.63, 3.8) is 0 Å². The molecule has 0 unspecified atom stereocenters. The molecule has 0 amide bonds. The smallest absolute Gasteiger partial charge is 0.338 e. The van der Waals surface area contributed by atoms with E-state index in [1.54, 1.807) is 19.1 Å². The maximum absolute atomic E-state index is 11.8. The van der Waals surface area contributed by atoms with Gasteiger partial charge in [-0.15, -0.1) is 0 Å². The zero-order valence-corrected chi connectivity index (χ0v) is 18.3. The number of allylic oxidation sites excluding steroid dienone is 2. The summed E-state index contributed by atoms with van der Waals surface area (Å²) in [6, 6.07) is 13.8. The Hall–Kier alpha value is -2.79. The Kier molecular flexibility index (Phi) is 5.71. The third-order valence-corrected chi connectivity index (χ3v) is 5.41. The molecule has 0 saturated carbocycles. The zero-order valence-electron chi connectivity index (χ0n) is 18.3. The van der Waals surface area contributed by atoms with Gasteiger partial charge in [0.25, 0.3) is 0 Å². The van der Waals surface area contributed by atoms with Crippen LogP contribution < -0.4 is 0 Å². The van der Waals surface area contributed by atoms with E-state index in [-0.39, 0.29) is 16.8 Å². The van der Waals surface area contributed by atoms with Crippen LogP contribution in [-0.4, -0.2) is 12.6 Å². The van der Waals surface area contributed by atoms with E-state index < -0.39 is 0 Å². The normalized spacial score (nSPS) is 14.9. The molecule has 0 saturated heterocycles. The molecule has 0 bridgehead atoms. The van der Waals surface area contributed by atoms with Gasteiger partial charge in [-0.25, -0.2) is 4.79 Å². The maximum Gasteiger partial charge on any atom is 0.338 e. The second kappa shape index (κ2) is 7.91. The van der Waals surface area contributed by atoms with Crippen molar-refractivity contribution in [3.8, 4) is 11.8 Å². The number of benzene rings is 2. The van der Waals surface area contributed by atoms with Crippen LogP contribution in [0, 0.1) is 17.3 Å². The van der Waals surface area contributed by atoms with Crippen LogP contribution in [-0.2, 0) is 10.2 Å². The molecular formula is C27H30O2. The highest BCUT2D eigenvalue weighted by Gasteiger charge is 2.32. The van der Waals surface area contributed by atoms with Gasteiger partial charge in [-0.2, -0.15) is 0 Å². The molecule has 0 aromatic heterocycles. The average Bonchev–Trinajstić information content (AvgIpc) is 2.66. The molecule has 0 aliphatic heterocycles. The van der Waals surface area contributed by atoms with Crippen LogP contribution in [0.4, 0.5) is 0 Å². The van der Waals surface area contributed by atoms with Crippen LogP contribution in [0.5, 0.6) is 0 Å². The van der Waals surface area contributed by atoms with Crippen molar-refractivity contribution in [3.05, 3.63) is 76.4 Å². The Bertz CT molecular complexity index is 1000. The number of carbonyl (C=O) groups is 1. The maximum atomic E-state index is 11.8. The van der Waals surface area contributed by atoms with Crippen molar-refractivity contribution in [2.75, 3.05) is 6.61 Å². The second-order valence-electron chi connectivity index (χ2n) is 9.26. The van der Waals surface area contributed by atoms with Gasteiger partial charge < -0.3 is 4.74 Å². The third kappa shape index (κ3) is 4.62. The first-order valence-corrected chi connectivity index (χ1v) is 10.3. The molecule has 0 fully saturated rings. The molecule has 0 radical (unpaired) electrons. The molecule has 3 rings (SSSR count). The van der Waals surface area contributed by atoms with Crippen molar-refractivity contribution < 1.29 is 9.53 Å². The summed E-state index contributed by atoms with van der Waals surface area (Å²) in [4.78, 5) is 11.8. The fourth-order valence-electron chi connectivity index (χ4n) is 3.75. The average molecular weight is 387 g/mol. The summed E-state index contributed by atoms with van der Waals surface area (Å²) in [5, 5.41) is 0. The van der Waals surface area contributed by atoms with E-state index >= 15 is 0 Å². The summed E-state index contributed by atoms with van der Waals surface area (Å²) in [6.07, 6.45) is 3.44. The van der Waals surface area contributed by atoms with Crippen molar-refractivity contribution in [1.29, 1.82) is 0 Å². The SMILES string of the molecule is CCOC(=O)c1ccc(C#Cc2ccc3c(c2)C(C)(C)CC=C3C(C)(C)C)cc1. The van der Waals surface area contributed by atoms with Gasteiger partial charge in [0.1, 0.15) is 0 Å². The number of ether oxygens (including phenoxy) is 1. The topological polar surface area (TPSA) is 26.3 Å². The van der Waals surface area contributed by atoms with Crippen molar-refractivity contribution in [2.45, 2.75) is 53.4 Å². The number of esters is 1.